The number of aromatic nitrogens is 1. The van der Waals surface area contributed by atoms with Gasteiger partial charge in [-0.1, -0.05) is 17.7 Å². The molecule has 0 bridgehead atoms. The first-order valence-corrected chi connectivity index (χ1v) is 9.63. The fourth-order valence-electron chi connectivity index (χ4n) is 2.94. The second-order valence-corrected chi connectivity index (χ2v) is 7.09. The molecule has 4 rings (SSSR count). The summed E-state index contributed by atoms with van der Waals surface area (Å²) in [7, 11) is 1.61. The summed E-state index contributed by atoms with van der Waals surface area (Å²) in [5, 5.41) is 3.46. The minimum Gasteiger partial charge on any atom is -0.497 e. The van der Waals surface area contributed by atoms with Crippen molar-refractivity contribution in [1.29, 1.82) is 0 Å². The Kier molecular flexibility index (Phi) is 5.59. The van der Waals surface area contributed by atoms with Crippen molar-refractivity contribution in [2.24, 2.45) is 0 Å². The Morgan fingerprint density at radius 3 is 2.77 bits per heavy atom. The van der Waals surface area contributed by atoms with Gasteiger partial charge in [-0.2, -0.15) is 0 Å². The molecule has 0 atom stereocenters. The molecule has 0 fully saturated rings. The second-order valence-electron chi connectivity index (χ2n) is 6.68. The fourth-order valence-corrected chi connectivity index (χ4v) is 3.06. The smallest absolute Gasteiger partial charge is 0.262 e. The van der Waals surface area contributed by atoms with E-state index in [0.717, 1.165) is 16.9 Å². The summed E-state index contributed by atoms with van der Waals surface area (Å²) in [6.07, 6.45) is 0. The number of anilines is 1. The van der Waals surface area contributed by atoms with Crippen molar-refractivity contribution in [3.63, 3.8) is 0 Å². The van der Waals surface area contributed by atoms with Crippen LogP contribution in [0.4, 0.5) is 5.69 Å². The standard InChI is InChI=1S/C23H19ClN2O4/c1-14-10-18(7-8-19(14)24)29-13-22(27)25-16-6-9-21-20(12-16)26-23(30-21)15-4-3-5-17(11-15)28-2/h3-12H,13H2,1-2H3,(H,25,27). The van der Waals surface area contributed by atoms with Gasteiger partial charge in [0, 0.05) is 16.3 Å². The number of amides is 1. The molecule has 1 amide bonds. The van der Waals surface area contributed by atoms with Gasteiger partial charge in [0.15, 0.2) is 12.2 Å². The van der Waals surface area contributed by atoms with Gasteiger partial charge in [0.25, 0.3) is 5.91 Å². The number of methoxy groups -OCH3 is 1. The third-order valence-corrected chi connectivity index (χ3v) is 4.91. The highest BCUT2D eigenvalue weighted by Gasteiger charge is 2.11. The molecule has 0 radical (unpaired) electrons. The molecule has 0 aliphatic carbocycles. The molecule has 0 saturated heterocycles. The van der Waals surface area contributed by atoms with E-state index in [4.69, 9.17) is 25.5 Å². The number of fused-ring (bicyclic) bond motifs is 1. The summed E-state index contributed by atoms with van der Waals surface area (Å²) < 4.78 is 16.6. The molecule has 7 heteroatoms. The molecule has 1 heterocycles. The SMILES string of the molecule is COc1cccc(-c2nc3cc(NC(=O)COc4ccc(Cl)c(C)c4)ccc3o2)c1. The van der Waals surface area contributed by atoms with E-state index >= 15 is 0 Å². The number of oxazole rings is 1. The average Bonchev–Trinajstić information content (AvgIpc) is 3.18. The summed E-state index contributed by atoms with van der Waals surface area (Å²) in [4.78, 5) is 16.8. The molecule has 4 aromatic rings. The van der Waals surface area contributed by atoms with E-state index in [2.05, 4.69) is 10.3 Å². The number of rotatable bonds is 6. The Hall–Kier alpha value is -3.51. The van der Waals surface area contributed by atoms with E-state index in [1.165, 1.54) is 0 Å². The highest BCUT2D eigenvalue weighted by atomic mass is 35.5. The Balaban J connectivity index is 1.45. The molecule has 0 unspecified atom stereocenters. The monoisotopic (exact) mass is 422 g/mol. The van der Waals surface area contributed by atoms with Crippen molar-refractivity contribution < 1.29 is 18.7 Å². The maximum Gasteiger partial charge on any atom is 0.262 e. The van der Waals surface area contributed by atoms with Crippen LogP contribution in [0.2, 0.25) is 5.02 Å². The third kappa shape index (κ3) is 4.39. The lowest BCUT2D eigenvalue weighted by atomic mass is 10.2. The van der Waals surface area contributed by atoms with E-state index in [-0.39, 0.29) is 12.5 Å². The molecule has 3 aromatic carbocycles. The van der Waals surface area contributed by atoms with Crippen LogP contribution in [0, 0.1) is 6.92 Å². The number of halogens is 1. The van der Waals surface area contributed by atoms with Crippen LogP contribution in [-0.4, -0.2) is 24.6 Å². The topological polar surface area (TPSA) is 73.6 Å². The molecule has 1 N–H and O–H groups in total. The molecule has 0 aliphatic rings. The van der Waals surface area contributed by atoms with Crippen molar-refractivity contribution >= 4 is 34.3 Å². The number of ether oxygens (including phenoxy) is 2. The van der Waals surface area contributed by atoms with Crippen LogP contribution in [0.1, 0.15) is 5.56 Å². The molecule has 0 saturated carbocycles. The average molecular weight is 423 g/mol. The molecule has 0 spiro atoms. The van der Waals surface area contributed by atoms with Crippen LogP contribution in [0.25, 0.3) is 22.6 Å². The number of hydrogen-bond donors (Lipinski definition) is 1. The lowest BCUT2D eigenvalue weighted by molar-refractivity contribution is -0.118. The highest BCUT2D eigenvalue weighted by molar-refractivity contribution is 6.31. The molecule has 0 aliphatic heterocycles. The van der Waals surface area contributed by atoms with Crippen LogP contribution >= 0.6 is 11.6 Å². The summed E-state index contributed by atoms with van der Waals surface area (Å²) >= 11 is 6.00. The molecule has 30 heavy (non-hydrogen) atoms. The summed E-state index contributed by atoms with van der Waals surface area (Å²) in [6, 6.07) is 18.0. The van der Waals surface area contributed by atoms with E-state index in [1.807, 2.05) is 31.2 Å². The summed E-state index contributed by atoms with van der Waals surface area (Å²) in [6.45, 7) is 1.76. The fraction of sp³-hybridized carbons (Fsp3) is 0.130. The highest BCUT2D eigenvalue weighted by Crippen LogP contribution is 2.28. The van der Waals surface area contributed by atoms with Crippen LogP contribution in [-0.2, 0) is 4.79 Å². The first-order valence-electron chi connectivity index (χ1n) is 9.25. The molecule has 1 aromatic heterocycles. The Labute approximate surface area is 178 Å². The minimum atomic E-state index is -0.279. The van der Waals surface area contributed by atoms with E-state index in [1.54, 1.807) is 43.5 Å². The number of aryl methyl sites for hydroxylation is 1. The lowest BCUT2D eigenvalue weighted by Crippen LogP contribution is -2.20. The van der Waals surface area contributed by atoms with Gasteiger partial charge in [-0.05, 0) is 67.1 Å². The first-order chi connectivity index (χ1) is 14.5. The quantitative estimate of drug-likeness (QED) is 0.445. The van der Waals surface area contributed by atoms with Crippen molar-refractivity contribution in [3.8, 4) is 23.0 Å². The number of nitrogens with one attached hydrogen (secondary N) is 1. The van der Waals surface area contributed by atoms with Gasteiger partial charge in [-0.3, -0.25) is 4.79 Å². The van der Waals surface area contributed by atoms with Gasteiger partial charge < -0.3 is 19.2 Å². The summed E-state index contributed by atoms with van der Waals surface area (Å²) in [5.41, 5.74) is 3.56. The molecule has 6 nitrogen and oxygen atoms in total. The Bertz CT molecular complexity index is 1220. The first kappa shape index (κ1) is 19.8. The Morgan fingerprint density at radius 2 is 1.97 bits per heavy atom. The zero-order valence-corrected chi connectivity index (χ0v) is 17.2. The van der Waals surface area contributed by atoms with Gasteiger partial charge in [0.05, 0.1) is 7.11 Å². The minimum absolute atomic E-state index is 0.118. The van der Waals surface area contributed by atoms with Gasteiger partial charge in [0.1, 0.15) is 17.0 Å². The van der Waals surface area contributed by atoms with Gasteiger partial charge >= 0.3 is 0 Å². The Morgan fingerprint density at radius 1 is 1.10 bits per heavy atom. The largest absolute Gasteiger partial charge is 0.497 e. The molecular formula is C23H19ClN2O4. The van der Waals surface area contributed by atoms with Crippen molar-refractivity contribution in [2.75, 3.05) is 19.0 Å². The van der Waals surface area contributed by atoms with E-state index < -0.39 is 0 Å². The molecular weight excluding hydrogens is 404 g/mol. The third-order valence-electron chi connectivity index (χ3n) is 4.49. The van der Waals surface area contributed by atoms with Crippen LogP contribution < -0.4 is 14.8 Å². The molecule has 152 valence electrons. The number of benzene rings is 3. The predicted octanol–water partition coefficient (Wildman–Crippen LogP) is 5.48. The lowest BCUT2D eigenvalue weighted by Gasteiger charge is -2.08. The maximum atomic E-state index is 12.3. The second kappa shape index (κ2) is 8.47. The number of nitrogens with zero attached hydrogens (tertiary/aromatic N) is 1. The number of carbonyl (C=O) groups excluding carboxylic acids is 1. The van der Waals surface area contributed by atoms with Crippen LogP contribution in [0.15, 0.2) is 65.1 Å². The van der Waals surface area contributed by atoms with Crippen LogP contribution in [0.5, 0.6) is 11.5 Å². The zero-order chi connectivity index (χ0) is 21.1. The number of hydrogen-bond acceptors (Lipinski definition) is 5. The predicted molar refractivity (Wildman–Crippen MR) is 116 cm³/mol. The van der Waals surface area contributed by atoms with Gasteiger partial charge in [-0.15, -0.1) is 0 Å². The van der Waals surface area contributed by atoms with E-state index in [0.29, 0.717) is 33.4 Å². The normalized spacial score (nSPS) is 10.8. The zero-order valence-electron chi connectivity index (χ0n) is 16.4. The van der Waals surface area contributed by atoms with E-state index in [9.17, 15) is 4.79 Å². The number of carbonyl (C=O) groups is 1. The van der Waals surface area contributed by atoms with Crippen molar-refractivity contribution in [1.82, 2.24) is 4.98 Å². The van der Waals surface area contributed by atoms with Crippen molar-refractivity contribution in [3.05, 3.63) is 71.2 Å². The summed E-state index contributed by atoms with van der Waals surface area (Å²) in [5.74, 6) is 1.51. The maximum absolute atomic E-state index is 12.3. The van der Waals surface area contributed by atoms with Crippen LogP contribution in [0.3, 0.4) is 0 Å². The van der Waals surface area contributed by atoms with Gasteiger partial charge in [-0.25, -0.2) is 4.98 Å². The van der Waals surface area contributed by atoms with Gasteiger partial charge in [0.2, 0.25) is 5.89 Å². The van der Waals surface area contributed by atoms with Crippen molar-refractivity contribution in [2.45, 2.75) is 6.92 Å².